The smallest absolute Gasteiger partial charge is 0.240 e. The van der Waals surface area contributed by atoms with E-state index in [1.807, 2.05) is 0 Å². The lowest BCUT2D eigenvalue weighted by atomic mass is 10.2. The Hall–Kier alpha value is -1.06. The number of hydrogen-bond donors (Lipinski definition) is 1. The summed E-state index contributed by atoms with van der Waals surface area (Å²) in [5, 5.41) is 0. The molecule has 1 aliphatic carbocycles. The molecular weight excluding hydrogens is 180 g/mol. The Morgan fingerprint density at radius 1 is 1.29 bits per heavy atom. The quantitative estimate of drug-likeness (QED) is 0.693. The molecule has 1 saturated heterocycles. The van der Waals surface area contributed by atoms with Gasteiger partial charge in [0.25, 0.3) is 0 Å². The molecule has 0 aromatic carbocycles. The molecular formula is C10H15N2O2. The first-order valence-electron chi connectivity index (χ1n) is 5.13. The second-order valence-corrected chi connectivity index (χ2v) is 4.10. The molecule has 1 atom stereocenters. The van der Waals surface area contributed by atoms with Crippen LogP contribution >= 0.6 is 0 Å². The van der Waals surface area contributed by atoms with E-state index in [9.17, 15) is 9.59 Å². The van der Waals surface area contributed by atoms with Crippen LogP contribution in [-0.4, -0.2) is 29.3 Å². The summed E-state index contributed by atoms with van der Waals surface area (Å²) >= 11 is 0. The molecule has 2 rings (SSSR count). The van der Waals surface area contributed by atoms with Gasteiger partial charge in [-0.15, -0.1) is 0 Å². The van der Waals surface area contributed by atoms with Crippen LogP contribution in [0.5, 0.6) is 0 Å². The molecule has 1 radical (unpaired) electrons. The molecule has 1 heterocycles. The number of likely N-dealkylation sites (tertiary alicyclic amines) is 1. The highest BCUT2D eigenvalue weighted by molar-refractivity contribution is 5.91. The van der Waals surface area contributed by atoms with Crippen molar-refractivity contribution in [3.63, 3.8) is 0 Å². The van der Waals surface area contributed by atoms with Crippen LogP contribution in [-0.2, 0) is 9.59 Å². The van der Waals surface area contributed by atoms with Gasteiger partial charge in [0.15, 0.2) is 0 Å². The minimum atomic E-state index is -0.375. The Morgan fingerprint density at radius 3 is 2.57 bits per heavy atom. The molecule has 2 aliphatic rings. The largest absolute Gasteiger partial charge is 0.368 e. The van der Waals surface area contributed by atoms with Gasteiger partial charge in [-0.1, -0.05) is 0 Å². The first kappa shape index (κ1) is 9.49. The number of primary amides is 1. The van der Waals surface area contributed by atoms with E-state index < -0.39 is 0 Å². The number of rotatable bonds is 3. The molecule has 14 heavy (non-hydrogen) atoms. The molecule has 0 spiro atoms. The van der Waals surface area contributed by atoms with Crippen LogP contribution in [0.4, 0.5) is 0 Å². The van der Waals surface area contributed by atoms with Crippen LogP contribution in [0, 0.1) is 12.3 Å². The molecule has 4 heteroatoms. The van der Waals surface area contributed by atoms with Crippen molar-refractivity contribution in [2.45, 2.75) is 31.7 Å². The molecule has 2 fully saturated rings. The molecule has 77 valence electrons. The van der Waals surface area contributed by atoms with Gasteiger partial charge in [-0.05, 0) is 31.6 Å². The van der Waals surface area contributed by atoms with E-state index >= 15 is 0 Å². The van der Waals surface area contributed by atoms with Crippen LogP contribution in [0.15, 0.2) is 0 Å². The van der Waals surface area contributed by atoms with E-state index in [4.69, 9.17) is 5.73 Å². The van der Waals surface area contributed by atoms with Gasteiger partial charge in [0.2, 0.25) is 11.8 Å². The normalized spacial score (nSPS) is 26.6. The SMILES string of the molecule is NC(=O)[C@H]1CCCN1C(=O)[CH]C1CC1. The van der Waals surface area contributed by atoms with E-state index in [2.05, 4.69) is 0 Å². The van der Waals surface area contributed by atoms with Crippen molar-refractivity contribution in [3.05, 3.63) is 6.42 Å². The molecule has 0 bridgehead atoms. The molecule has 1 aliphatic heterocycles. The van der Waals surface area contributed by atoms with Gasteiger partial charge in [-0.25, -0.2) is 0 Å². The van der Waals surface area contributed by atoms with Crippen molar-refractivity contribution in [2.24, 2.45) is 11.7 Å². The Morgan fingerprint density at radius 2 is 2.00 bits per heavy atom. The lowest BCUT2D eigenvalue weighted by Crippen LogP contribution is -2.43. The highest BCUT2D eigenvalue weighted by Crippen LogP contribution is 2.33. The van der Waals surface area contributed by atoms with E-state index in [-0.39, 0.29) is 17.9 Å². The highest BCUT2D eigenvalue weighted by Gasteiger charge is 2.35. The van der Waals surface area contributed by atoms with Crippen molar-refractivity contribution in [3.8, 4) is 0 Å². The lowest BCUT2D eigenvalue weighted by molar-refractivity contribution is -0.134. The fourth-order valence-electron chi connectivity index (χ4n) is 1.89. The zero-order valence-electron chi connectivity index (χ0n) is 8.11. The summed E-state index contributed by atoms with van der Waals surface area (Å²) in [7, 11) is 0. The summed E-state index contributed by atoms with van der Waals surface area (Å²) in [5.41, 5.74) is 5.23. The number of hydrogen-bond acceptors (Lipinski definition) is 2. The van der Waals surface area contributed by atoms with Gasteiger partial charge in [-0.3, -0.25) is 9.59 Å². The minimum Gasteiger partial charge on any atom is -0.368 e. The van der Waals surface area contributed by atoms with Crippen LogP contribution in [0.25, 0.3) is 0 Å². The number of amides is 2. The maximum Gasteiger partial charge on any atom is 0.240 e. The van der Waals surface area contributed by atoms with Gasteiger partial charge in [0.1, 0.15) is 6.04 Å². The monoisotopic (exact) mass is 195 g/mol. The van der Waals surface area contributed by atoms with Gasteiger partial charge in [-0.2, -0.15) is 0 Å². The van der Waals surface area contributed by atoms with E-state index in [0.29, 0.717) is 12.5 Å². The standard InChI is InChI=1S/C10H15N2O2/c11-10(14)8-2-1-5-12(8)9(13)6-7-3-4-7/h6-8H,1-5H2,(H2,11,14)/t8-/m1/s1. The third kappa shape index (κ3) is 1.89. The zero-order valence-corrected chi connectivity index (χ0v) is 8.11. The van der Waals surface area contributed by atoms with Crippen LogP contribution in [0.1, 0.15) is 25.7 Å². The third-order valence-corrected chi connectivity index (χ3v) is 2.86. The van der Waals surface area contributed by atoms with Crippen molar-refractivity contribution >= 4 is 11.8 Å². The maximum absolute atomic E-state index is 11.7. The molecule has 2 N–H and O–H groups in total. The van der Waals surface area contributed by atoms with Gasteiger partial charge in [0.05, 0.1) is 6.42 Å². The summed E-state index contributed by atoms with van der Waals surface area (Å²) in [6, 6.07) is -0.363. The average molecular weight is 195 g/mol. The molecule has 0 unspecified atom stereocenters. The van der Waals surface area contributed by atoms with Gasteiger partial charge < -0.3 is 10.6 Å². The highest BCUT2D eigenvalue weighted by atomic mass is 16.2. The minimum absolute atomic E-state index is 0.00574. The first-order chi connectivity index (χ1) is 6.68. The van der Waals surface area contributed by atoms with Gasteiger partial charge >= 0.3 is 0 Å². The first-order valence-corrected chi connectivity index (χ1v) is 5.13. The average Bonchev–Trinajstić information content (AvgIpc) is 2.81. The fraction of sp³-hybridized carbons (Fsp3) is 0.700. The van der Waals surface area contributed by atoms with E-state index in [0.717, 1.165) is 25.7 Å². The molecule has 4 nitrogen and oxygen atoms in total. The number of nitrogens with two attached hydrogens (primary N) is 1. The second kappa shape index (κ2) is 3.59. The molecule has 0 aromatic rings. The molecule has 1 saturated carbocycles. The van der Waals surface area contributed by atoms with Gasteiger partial charge in [0, 0.05) is 6.54 Å². The van der Waals surface area contributed by atoms with Crippen LogP contribution in [0.2, 0.25) is 0 Å². The Bertz CT molecular complexity index is 261. The molecule has 2 amide bonds. The summed E-state index contributed by atoms with van der Waals surface area (Å²) in [4.78, 5) is 24.3. The third-order valence-electron chi connectivity index (χ3n) is 2.86. The number of nitrogens with zero attached hydrogens (tertiary/aromatic N) is 1. The van der Waals surface area contributed by atoms with Crippen molar-refractivity contribution < 1.29 is 9.59 Å². The maximum atomic E-state index is 11.7. The summed E-state index contributed by atoms with van der Waals surface area (Å²) in [6.45, 7) is 0.676. The van der Waals surface area contributed by atoms with E-state index in [1.54, 1.807) is 11.3 Å². The Balaban J connectivity index is 1.93. The summed E-state index contributed by atoms with van der Waals surface area (Å²) < 4.78 is 0. The summed E-state index contributed by atoms with van der Waals surface area (Å²) in [5.74, 6) is 0.0745. The topological polar surface area (TPSA) is 63.4 Å². The predicted molar refractivity (Wildman–Crippen MR) is 51.0 cm³/mol. The van der Waals surface area contributed by atoms with Crippen molar-refractivity contribution in [1.29, 1.82) is 0 Å². The number of carbonyl (C=O) groups excluding carboxylic acids is 2. The zero-order chi connectivity index (χ0) is 10.1. The lowest BCUT2D eigenvalue weighted by Gasteiger charge is -2.21. The Kier molecular flexibility index (Phi) is 2.44. The van der Waals surface area contributed by atoms with Crippen molar-refractivity contribution in [2.75, 3.05) is 6.54 Å². The fourth-order valence-corrected chi connectivity index (χ4v) is 1.89. The number of carbonyl (C=O) groups is 2. The predicted octanol–water partition coefficient (Wildman–Crippen LogP) is 0.0770. The summed E-state index contributed by atoms with van der Waals surface area (Å²) in [6.07, 6.45) is 5.57. The van der Waals surface area contributed by atoms with Crippen molar-refractivity contribution in [1.82, 2.24) is 4.90 Å². The van der Waals surface area contributed by atoms with E-state index in [1.165, 1.54) is 0 Å². The van der Waals surface area contributed by atoms with Crippen LogP contribution < -0.4 is 5.73 Å². The van der Waals surface area contributed by atoms with Crippen LogP contribution in [0.3, 0.4) is 0 Å². The molecule has 0 aromatic heterocycles. The second-order valence-electron chi connectivity index (χ2n) is 4.10. The Labute approximate surface area is 83.4 Å².